The fraction of sp³-hybridized carbons (Fsp3) is 0. The number of nitrogens with zero attached hydrogens (tertiary/aromatic N) is 1. The van der Waals surface area contributed by atoms with Gasteiger partial charge in [0, 0.05) is 53.4 Å². The molecule has 11 aromatic rings. The van der Waals surface area contributed by atoms with E-state index in [4.69, 9.17) is 4.42 Å². The van der Waals surface area contributed by atoms with Crippen LogP contribution in [0.2, 0.25) is 0 Å². The first kappa shape index (κ1) is 31.6. The van der Waals surface area contributed by atoms with Crippen LogP contribution >= 0.6 is 11.3 Å². The predicted molar refractivity (Wildman–Crippen MR) is 235 cm³/mol. The Bertz CT molecular complexity index is 3220. The molecule has 0 spiro atoms. The Morgan fingerprint density at radius 1 is 0.364 bits per heavy atom. The van der Waals surface area contributed by atoms with Crippen molar-refractivity contribution >= 4 is 81.3 Å². The Morgan fingerprint density at radius 2 is 1.00 bits per heavy atom. The maximum absolute atomic E-state index is 6.28. The van der Waals surface area contributed by atoms with Crippen molar-refractivity contribution in [1.82, 2.24) is 0 Å². The third kappa shape index (κ3) is 5.32. The third-order valence-electron chi connectivity index (χ3n) is 10.9. The first-order chi connectivity index (χ1) is 27.3. The molecule has 0 atom stereocenters. The van der Waals surface area contributed by atoms with Gasteiger partial charge in [0.1, 0.15) is 11.2 Å². The summed E-state index contributed by atoms with van der Waals surface area (Å²) in [6.45, 7) is 0. The molecule has 258 valence electrons. The van der Waals surface area contributed by atoms with Crippen LogP contribution in [0.4, 0.5) is 17.1 Å². The van der Waals surface area contributed by atoms with E-state index in [-0.39, 0.29) is 0 Å². The van der Waals surface area contributed by atoms with Gasteiger partial charge >= 0.3 is 0 Å². The van der Waals surface area contributed by atoms with Gasteiger partial charge < -0.3 is 9.32 Å². The molecule has 2 aromatic heterocycles. The van der Waals surface area contributed by atoms with Gasteiger partial charge in [-0.1, -0.05) is 146 Å². The Kier molecular flexibility index (Phi) is 7.39. The lowest BCUT2D eigenvalue weighted by atomic mass is 9.95. The van der Waals surface area contributed by atoms with Crippen molar-refractivity contribution in [3.05, 3.63) is 200 Å². The highest BCUT2D eigenvalue weighted by Gasteiger charge is 2.21. The fourth-order valence-electron chi connectivity index (χ4n) is 8.28. The molecular formula is C52H33NOS. The summed E-state index contributed by atoms with van der Waals surface area (Å²) in [5.74, 6) is 0. The highest BCUT2D eigenvalue weighted by Crippen LogP contribution is 2.47. The van der Waals surface area contributed by atoms with Crippen LogP contribution in [0.1, 0.15) is 0 Å². The second kappa shape index (κ2) is 12.9. The van der Waals surface area contributed by atoms with Crippen LogP contribution in [0.25, 0.3) is 86.3 Å². The van der Waals surface area contributed by atoms with Gasteiger partial charge in [-0.2, -0.15) is 0 Å². The van der Waals surface area contributed by atoms with Crippen molar-refractivity contribution in [2.45, 2.75) is 0 Å². The number of hydrogen-bond acceptors (Lipinski definition) is 3. The van der Waals surface area contributed by atoms with E-state index in [0.717, 1.165) is 39.0 Å². The molecule has 0 unspecified atom stereocenters. The smallest absolute Gasteiger partial charge is 0.135 e. The van der Waals surface area contributed by atoms with E-state index in [0.29, 0.717) is 0 Å². The van der Waals surface area contributed by atoms with Gasteiger partial charge in [0.05, 0.1) is 5.69 Å². The lowest BCUT2D eigenvalue weighted by Crippen LogP contribution is -2.11. The monoisotopic (exact) mass is 719 g/mol. The quantitative estimate of drug-likeness (QED) is 0.170. The van der Waals surface area contributed by atoms with Gasteiger partial charge in [0.15, 0.2) is 0 Å². The number of fused-ring (bicyclic) bond motifs is 7. The van der Waals surface area contributed by atoms with Crippen LogP contribution in [0.15, 0.2) is 205 Å². The van der Waals surface area contributed by atoms with Crippen LogP contribution in [0.3, 0.4) is 0 Å². The number of rotatable bonds is 6. The predicted octanol–water partition coefficient (Wildman–Crippen LogP) is 15.6. The van der Waals surface area contributed by atoms with Gasteiger partial charge in [0.2, 0.25) is 0 Å². The second-order valence-electron chi connectivity index (χ2n) is 14.1. The van der Waals surface area contributed by atoms with Crippen molar-refractivity contribution in [2.75, 3.05) is 4.90 Å². The molecule has 0 aliphatic carbocycles. The first-order valence-electron chi connectivity index (χ1n) is 18.7. The van der Waals surface area contributed by atoms with Crippen LogP contribution < -0.4 is 4.90 Å². The molecular weight excluding hydrogens is 687 g/mol. The average Bonchev–Trinajstić information content (AvgIpc) is 3.83. The van der Waals surface area contributed by atoms with E-state index in [2.05, 4.69) is 193 Å². The number of thiophene rings is 1. The summed E-state index contributed by atoms with van der Waals surface area (Å²) >= 11 is 1.87. The minimum atomic E-state index is 0.884. The summed E-state index contributed by atoms with van der Waals surface area (Å²) in [4.78, 5) is 2.40. The molecule has 9 aromatic carbocycles. The first-order valence-corrected chi connectivity index (χ1v) is 19.5. The topological polar surface area (TPSA) is 16.4 Å². The zero-order chi connectivity index (χ0) is 36.3. The van der Waals surface area contributed by atoms with Crippen LogP contribution in [0, 0.1) is 0 Å². The molecule has 2 nitrogen and oxygen atoms in total. The van der Waals surface area contributed by atoms with E-state index in [1.807, 2.05) is 23.5 Å². The molecule has 11 rings (SSSR count). The molecule has 0 bridgehead atoms. The van der Waals surface area contributed by atoms with Crippen molar-refractivity contribution in [1.29, 1.82) is 0 Å². The van der Waals surface area contributed by atoms with Crippen molar-refractivity contribution in [3.8, 4) is 33.4 Å². The largest absolute Gasteiger partial charge is 0.456 e. The highest BCUT2D eigenvalue weighted by atomic mass is 32.1. The van der Waals surface area contributed by atoms with E-state index in [1.165, 1.54) is 64.3 Å². The fourth-order valence-corrected chi connectivity index (χ4v) is 9.51. The van der Waals surface area contributed by atoms with E-state index < -0.39 is 0 Å². The van der Waals surface area contributed by atoms with Gasteiger partial charge in [-0.25, -0.2) is 0 Å². The molecule has 0 aliphatic rings. The standard InChI is InChI=1S/C52H33NOS/c1-2-16-40-35(12-1)13-10-20-41(40)37-15-9-14-36(32-37)34-26-28-38(29-27-34)53(39-30-31-50-47(33-39)43-18-4-7-24-49(43)54-50)48-23-6-3-17-42(48)45-21-11-22-46-44-19-5-8-25-51(44)55-52(45)46/h1-33H. The summed E-state index contributed by atoms with van der Waals surface area (Å²) < 4.78 is 8.88. The van der Waals surface area contributed by atoms with E-state index in [9.17, 15) is 0 Å². The minimum absolute atomic E-state index is 0.884. The lowest BCUT2D eigenvalue weighted by Gasteiger charge is -2.28. The molecule has 0 saturated carbocycles. The second-order valence-corrected chi connectivity index (χ2v) is 15.1. The number of hydrogen-bond donors (Lipinski definition) is 0. The molecule has 0 saturated heterocycles. The van der Waals surface area contributed by atoms with Crippen LogP contribution in [-0.4, -0.2) is 0 Å². The van der Waals surface area contributed by atoms with Crippen LogP contribution in [0.5, 0.6) is 0 Å². The summed E-state index contributed by atoms with van der Waals surface area (Å²) in [5.41, 5.74) is 12.3. The van der Waals surface area contributed by atoms with Gasteiger partial charge in [0.25, 0.3) is 0 Å². The van der Waals surface area contributed by atoms with Crippen molar-refractivity contribution < 1.29 is 4.42 Å². The van der Waals surface area contributed by atoms with Gasteiger partial charge in [-0.05, 0) is 87.6 Å². The number of anilines is 3. The SMILES string of the molecule is c1cc(-c2ccc(N(c3ccc4oc5ccccc5c4c3)c3ccccc3-c3cccc4c3sc3ccccc34)cc2)cc(-c2cccc3ccccc23)c1. The minimum Gasteiger partial charge on any atom is -0.456 e. The Hall–Kier alpha value is -6.94. The van der Waals surface area contributed by atoms with Crippen molar-refractivity contribution in [3.63, 3.8) is 0 Å². The maximum atomic E-state index is 6.28. The van der Waals surface area contributed by atoms with E-state index >= 15 is 0 Å². The molecule has 0 fully saturated rings. The highest BCUT2D eigenvalue weighted by molar-refractivity contribution is 7.26. The van der Waals surface area contributed by atoms with Gasteiger partial charge in [-0.3, -0.25) is 0 Å². The Morgan fingerprint density at radius 3 is 1.93 bits per heavy atom. The number of para-hydroxylation sites is 2. The summed E-state index contributed by atoms with van der Waals surface area (Å²) in [5, 5.41) is 7.32. The molecule has 55 heavy (non-hydrogen) atoms. The third-order valence-corrected chi connectivity index (χ3v) is 12.1. The number of furan rings is 1. The molecule has 3 heteroatoms. The maximum Gasteiger partial charge on any atom is 0.135 e. The molecule has 0 radical (unpaired) electrons. The molecule has 2 heterocycles. The molecule has 0 N–H and O–H groups in total. The molecule has 0 amide bonds. The van der Waals surface area contributed by atoms with E-state index in [1.54, 1.807) is 0 Å². The average molecular weight is 720 g/mol. The summed E-state index contributed by atoms with van der Waals surface area (Å²) in [6.07, 6.45) is 0. The Labute approximate surface area is 322 Å². The zero-order valence-electron chi connectivity index (χ0n) is 29.8. The normalized spacial score (nSPS) is 11.6. The summed E-state index contributed by atoms with van der Waals surface area (Å²) in [7, 11) is 0. The molecule has 0 aliphatic heterocycles. The zero-order valence-corrected chi connectivity index (χ0v) is 30.6. The summed E-state index contributed by atoms with van der Waals surface area (Å²) in [6, 6.07) is 72.2. The lowest BCUT2D eigenvalue weighted by molar-refractivity contribution is 0.669. The number of benzene rings is 9. The van der Waals surface area contributed by atoms with Crippen LogP contribution in [-0.2, 0) is 0 Å². The van der Waals surface area contributed by atoms with Gasteiger partial charge in [-0.15, -0.1) is 11.3 Å². The van der Waals surface area contributed by atoms with Crippen molar-refractivity contribution in [2.24, 2.45) is 0 Å². The Balaban J connectivity index is 1.07.